The third kappa shape index (κ3) is 1.63. The smallest absolute Gasteiger partial charge is 0.310 e. The molecule has 0 spiro atoms. The van der Waals surface area contributed by atoms with Crippen LogP contribution in [-0.4, -0.2) is 22.8 Å². The summed E-state index contributed by atoms with van der Waals surface area (Å²) in [5.41, 5.74) is 1.34. The van der Waals surface area contributed by atoms with Crippen LogP contribution in [0.1, 0.15) is 24.0 Å². The molecule has 0 bridgehead atoms. The molecule has 1 unspecified atom stereocenters. The molecule has 15 heavy (non-hydrogen) atoms. The SMILES string of the molecule is CC(C(=O)O)c1cc2c(cc1O)CCO2. The Labute approximate surface area is 87.1 Å². The molecule has 2 N–H and O–H groups in total. The third-order valence-electron chi connectivity index (χ3n) is 2.68. The number of carbonyl (C=O) groups is 1. The van der Waals surface area contributed by atoms with Gasteiger partial charge in [0.05, 0.1) is 12.5 Å². The summed E-state index contributed by atoms with van der Waals surface area (Å²) in [6.45, 7) is 2.14. The highest BCUT2D eigenvalue weighted by molar-refractivity contribution is 5.77. The van der Waals surface area contributed by atoms with Crippen LogP contribution >= 0.6 is 0 Å². The highest BCUT2D eigenvalue weighted by Gasteiger charge is 2.22. The number of carboxylic acids is 1. The minimum atomic E-state index is -0.955. The first-order valence-electron chi connectivity index (χ1n) is 4.81. The van der Waals surface area contributed by atoms with Crippen molar-refractivity contribution in [3.63, 3.8) is 0 Å². The lowest BCUT2D eigenvalue weighted by Gasteiger charge is -2.10. The quantitative estimate of drug-likeness (QED) is 0.773. The number of hydrogen-bond acceptors (Lipinski definition) is 3. The molecule has 0 radical (unpaired) electrons. The zero-order valence-corrected chi connectivity index (χ0v) is 8.36. The van der Waals surface area contributed by atoms with Crippen LogP contribution in [0.5, 0.6) is 11.5 Å². The van der Waals surface area contributed by atoms with Crippen LogP contribution in [0.2, 0.25) is 0 Å². The molecule has 1 aromatic carbocycles. The second-order valence-corrected chi connectivity index (χ2v) is 3.68. The van der Waals surface area contributed by atoms with Crippen molar-refractivity contribution in [1.82, 2.24) is 0 Å². The molecule has 0 saturated carbocycles. The van der Waals surface area contributed by atoms with Crippen molar-refractivity contribution in [3.05, 3.63) is 23.3 Å². The van der Waals surface area contributed by atoms with Crippen molar-refractivity contribution in [1.29, 1.82) is 0 Å². The van der Waals surface area contributed by atoms with Crippen LogP contribution in [0, 0.1) is 0 Å². The van der Waals surface area contributed by atoms with Crippen LogP contribution in [0.25, 0.3) is 0 Å². The van der Waals surface area contributed by atoms with Crippen molar-refractivity contribution in [2.75, 3.05) is 6.61 Å². The van der Waals surface area contributed by atoms with E-state index < -0.39 is 11.9 Å². The zero-order chi connectivity index (χ0) is 11.0. The van der Waals surface area contributed by atoms with E-state index in [2.05, 4.69) is 0 Å². The monoisotopic (exact) mass is 208 g/mol. The van der Waals surface area contributed by atoms with E-state index in [0.717, 1.165) is 12.0 Å². The molecule has 2 rings (SSSR count). The van der Waals surface area contributed by atoms with Gasteiger partial charge in [-0.2, -0.15) is 0 Å². The summed E-state index contributed by atoms with van der Waals surface area (Å²) >= 11 is 0. The van der Waals surface area contributed by atoms with Gasteiger partial charge in [-0.15, -0.1) is 0 Å². The summed E-state index contributed by atoms with van der Waals surface area (Å²) in [5.74, 6) is -0.951. The van der Waals surface area contributed by atoms with Crippen molar-refractivity contribution in [2.45, 2.75) is 19.3 Å². The van der Waals surface area contributed by atoms with E-state index >= 15 is 0 Å². The predicted octanol–water partition coefficient (Wildman–Crippen LogP) is 1.52. The number of phenols is 1. The van der Waals surface area contributed by atoms with Crippen LogP contribution in [-0.2, 0) is 11.2 Å². The maximum absolute atomic E-state index is 10.8. The van der Waals surface area contributed by atoms with E-state index in [1.165, 1.54) is 0 Å². The van der Waals surface area contributed by atoms with E-state index in [1.54, 1.807) is 19.1 Å². The molecule has 1 heterocycles. The minimum absolute atomic E-state index is 0.0363. The fraction of sp³-hybridized carbons (Fsp3) is 0.364. The normalized spacial score (nSPS) is 15.5. The number of ether oxygens (including phenoxy) is 1. The van der Waals surface area contributed by atoms with Crippen LogP contribution in [0.15, 0.2) is 12.1 Å². The van der Waals surface area contributed by atoms with Crippen LogP contribution < -0.4 is 4.74 Å². The maximum atomic E-state index is 10.8. The number of hydrogen-bond donors (Lipinski definition) is 2. The summed E-state index contributed by atoms with van der Waals surface area (Å²) < 4.78 is 5.32. The summed E-state index contributed by atoms with van der Waals surface area (Å²) in [6.07, 6.45) is 0.768. The van der Waals surface area contributed by atoms with E-state index in [-0.39, 0.29) is 5.75 Å². The number of benzene rings is 1. The Morgan fingerprint density at radius 3 is 2.93 bits per heavy atom. The Hall–Kier alpha value is -1.71. The fourth-order valence-corrected chi connectivity index (χ4v) is 1.71. The Kier molecular flexibility index (Phi) is 2.26. The topological polar surface area (TPSA) is 66.8 Å². The molecule has 80 valence electrons. The summed E-state index contributed by atoms with van der Waals surface area (Å²) in [6, 6.07) is 3.22. The van der Waals surface area contributed by atoms with Gasteiger partial charge < -0.3 is 14.9 Å². The highest BCUT2D eigenvalue weighted by atomic mass is 16.5. The second-order valence-electron chi connectivity index (χ2n) is 3.68. The van der Waals surface area contributed by atoms with Gasteiger partial charge in [-0.3, -0.25) is 4.79 Å². The van der Waals surface area contributed by atoms with Gasteiger partial charge >= 0.3 is 5.97 Å². The lowest BCUT2D eigenvalue weighted by molar-refractivity contribution is -0.138. The molecule has 0 aliphatic carbocycles. The van der Waals surface area contributed by atoms with E-state index in [1.807, 2.05) is 0 Å². The van der Waals surface area contributed by atoms with Gasteiger partial charge in [-0.1, -0.05) is 0 Å². The molecule has 1 atom stereocenters. The number of phenolic OH excluding ortho intramolecular Hbond substituents is 1. The standard InChI is InChI=1S/C11H12O4/c1-6(11(13)14)8-5-10-7(2-3-15-10)4-9(8)12/h4-6,12H,2-3H2,1H3,(H,13,14). The van der Waals surface area contributed by atoms with Gasteiger partial charge in [0, 0.05) is 17.5 Å². The third-order valence-corrected chi connectivity index (χ3v) is 2.68. The molecule has 4 nitrogen and oxygen atoms in total. The van der Waals surface area contributed by atoms with E-state index in [9.17, 15) is 9.90 Å². The van der Waals surface area contributed by atoms with E-state index in [4.69, 9.17) is 9.84 Å². The number of aromatic hydroxyl groups is 1. The molecule has 1 aliphatic heterocycles. The largest absolute Gasteiger partial charge is 0.508 e. The lowest BCUT2D eigenvalue weighted by Crippen LogP contribution is -2.07. The summed E-state index contributed by atoms with van der Waals surface area (Å²) in [5, 5.41) is 18.5. The Bertz CT molecular complexity index is 411. The molecule has 4 heteroatoms. The zero-order valence-electron chi connectivity index (χ0n) is 8.36. The molecule has 1 aliphatic rings. The van der Waals surface area contributed by atoms with Gasteiger partial charge in [-0.05, 0) is 19.1 Å². The molecular weight excluding hydrogens is 196 g/mol. The second kappa shape index (κ2) is 3.46. The number of rotatable bonds is 2. The first-order valence-corrected chi connectivity index (χ1v) is 4.81. The van der Waals surface area contributed by atoms with Crippen molar-refractivity contribution in [2.24, 2.45) is 0 Å². The van der Waals surface area contributed by atoms with Gasteiger partial charge in [0.15, 0.2) is 0 Å². The van der Waals surface area contributed by atoms with Crippen molar-refractivity contribution >= 4 is 5.97 Å². The predicted molar refractivity (Wildman–Crippen MR) is 53.4 cm³/mol. The average Bonchev–Trinajstić information content (AvgIpc) is 2.62. The number of carboxylic acid groups (broad SMARTS) is 1. The number of fused-ring (bicyclic) bond motifs is 1. The van der Waals surface area contributed by atoms with Crippen LogP contribution in [0.3, 0.4) is 0 Å². The maximum Gasteiger partial charge on any atom is 0.310 e. The minimum Gasteiger partial charge on any atom is -0.508 e. The highest BCUT2D eigenvalue weighted by Crippen LogP contribution is 2.35. The van der Waals surface area contributed by atoms with Gasteiger partial charge in [-0.25, -0.2) is 0 Å². The summed E-state index contributed by atoms with van der Waals surface area (Å²) in [7, 11) is 0. The molecule has 1 aromatic rings. The van der Waals surface area contributed by atoms with E-state index in [0.29, 0.717) is 17.9 Å². The average molecular weight is 208 g/mol. The fourth-order valence-electron chi connectivity index (χ4n) is 1.71. The number of aliphatic carboxylic acids is 1. The first kappa shape index (κ1) is 9.83. The lowest BCUT2D eigenvalue weighted by atomic mass is 9.98. The molecule has 0 saturated heterocycles. The van der Waals surface area contributed by atoms with Crippen molar-refractivity contribution < 1.29 is 19.7 Å². The summed E-state index contributed by atoms with van der Waals surface area (Å²) in [4.78, 5) is 10.8. The Balaban J connectivity index is 2.44. The van der Waals surface area contributed by atoms with Gasteiger partial charge in [0.1, 0.15) is 11.5 Å². The van der Waals surface area contributed by atoms with Gasteiger partial charge in [0.2, 0.25) is 0 Å². The van der Waals surface area contributed by atoms with Gasteiger partial charge in [0.25, 0.3) is 0 Å². The van der Waals surface area contributed by atoms with Crippen molar-refractivity contribution in [3.8, 4) is 11.5 Å². The molecule has 0 fully saturated rings. The van der Waals surface area contributed by atoms with Crippen LogP contribution in [0.4, 0.5) is 0 Å². The first-order chi connectivity index (χ1) is 7.09. The Morgan fingerprint density at radius 2 is 2.27 bits per heavy atom. The molecule has 0 amide bonds. The molecular formula is C11H12O4. The Morgan fingerprint density at radius 1 is 1.53 bits per heavy atom. The molecule has 0 aromatic heterocycles.